The summed E-state index contributed by atoms with van der Waals surface area (Å²) in [5.74, 6) is 0.962. The molecule has 0 bridgehead atoms. The van der Waals surface area contributed by atoms with Crippen molar-refractivity contribution in [2.75, 3.05) is 18.1 Å². The van der Waals surface area contributed by atoms with E-state index in [1.807, 2.05) is 34.9 Å². The molecule has 0 fully saturated rings. The third-order valence-electron chi connectivity index (χ3n) is 5.19. The number of benzene rings is 2. The smallest absolute Gasteiger partial charge is 0.165 e. The second-order valence-corrected chi connectivity index (χ2v) is 8.12. The lowest BCUT2D eigenvalue weighted by Crippen LogP contribution is -2.26. The van der Waals surface area contributed by atoms with Gasteiger partial charge in [0.2, 0.25) is 0 Å². The van der Waals surface area contributed by atoms with Crippen LogP contribution in [0.15, 0.2) is 60.9 Å². The van der Waals surface area contributed by atoms with E-state index in [1.54, 1.807) is 18.3 Å². The van der Waals surface area contributed by atoms with Crippen molar-refractivity contribution in [3.8, 4) is 11.3 Å². The zero-order valence-corrected chi connectivity index (χ0v) is 18.7. The van der Waals surface area contributed by atoms with Crippen molar-refractivity contribution >= 4 is 34.7 Å². The van der Waals surface area contributed by atoms with Gasteiger partial charge in [-0.05, 0) is 36.6 Å². The van der Waals surface area contributed by atoms with Gasteiger partial charge in [0.05, 0.1) is 17.4 Å². The largest absolute Gasteiger partial charge is 0.352 e. The summed E-state index contributed by atoms with van der Waals surface area (Å²) in [4.78, 5) is 11.7. The molecule has 4 nitrogen and oxygen atoms in total. The maximum absolute atomic E-state index is 13.1. The van der Waals surface area contributed by atoms with Crippen LogP contribution in [0.2, 0.25) is 10.0 Å². The summed E-state index contributed by atoms with van der Waals surface area (Å²) in [5, 5.41) is 1.09. The Morgan fingerprint density at radius 3 is 2.61 bits per heavy atom. The normalized spacial score (nSPS) is 11.2. The van der Waals surface area contributed by atoms with E-state index >= 15 is 0 Å². The third kappa shape index (κ3) is 4.53. The lowest BCUT2D eigenvalue weighted by molar-refractivity contribution is 0.470. The molecule has 4 aromatic rings. The molecular weight excluding hydrogens is 434 g/mol. The van der Waals surface area contributed by atoms with Crippen molar-refractivity contribution in [1.82, 2.24) is 14.4 Å². The molecule has 2 heterocycles. The van der Waals surface area contributed by atoms with Crippen LogP contribution in [0.25, 0.3) is 16.9 Å². The summed E-state index contributed by atoms with van der Waals surface area (Å²) in [7, 11) is 0. The second-order valence-electron chi connectivity index (χ2n) is 7.28. The van der Waals surface area contributed by atoms with E-state index < -0.39 is 0 Å². The van der Waals surface area contributed by atoms with Gasteiger partial charge >= 0.3 is 0 Å². The van der Waals surface area contributed by atoms with Crippen LogP contribution in [0.3, 0.4) is 0 Å². The van der Waals surface area contributed by atoms with Crippen molar-refractivity contribution in [3.05, 3.63) is 82.2 Å². The number of imidazole rings is 1. The minimum absolute atomic E-state index is 0.364. The molecule has 160 valence electrons. The standard InChI is InChI=1S/C24H23Cl2FN4/c1-2-21-24(30(13-6-11-27)16-17-7-4-3-5-8-17)31-14-12-28-22(23(31)29-21)19-10-9-18(25)15-20(19)26/h3-5,7-10,12,14-15H,2,6,11,13,16H2,1H3. The Kier molecular flexibility index (Phi) is 6.73. The molecule has 0 amide bonds. The summed E-state index contributed by atoms with van der Waals surface area (Å²) in [5.41, 5.74) is 4.28. The number of halogens is 3. The van der Waals surface area contributed by atoms with E-state index in [1.165, 1.54) is 0 Å². The molecule has 0 aliphatic heterocycles. The number of rotatable bonds is 8. The van der Waals surface area contributed by atoms with Crippen LogP contribution in [0.5, 0.6) is 0 Å². The van der Waals surface area contributed by atoms with Gasteiger partial charge in [-0.3, -0.25) is 13.8 Å². The second kappa shape index (κ2) is 9.67. The fourth-order valence-electron chi connectivity index (χ4n) is 3.77. The highest BCUT2D eigenvalue weighted by molar-refractivity contribution is 6.36. The van der Waals surface area contributed by atoms with Crippen LogP contribution >= 0.6 is 23.2 Å². The minimum Gasteiger partial charge on any atom is -0.352 e. The Balaban J connectivity index is 1.86. The molecule has 0 radical (unpaired) electrons. The van der Waals surface area contributed by atoms with Crippen molar-refractivity contribution in [1.29, 1.82) is 0 Å². The number of aromatic nitrogens is 3. The van der Waals surface area contributed by atoms with E-state index in [-0.39, 0.29) is 6.67 Å². The average molecular weight is 457 g/mol. The van der Waals surface area contributed by atoms with Gasteiger partial charge < -0.3 is 4.90 Å². The van der Waals surface area contributed by atoms with Crippen molar-refractivity contribution in [2.45, 2.75) is 26.3 Å². The summed E-state index contributed by atoms with van der Waals surface area (Å²) < 4.78 is 15.1. The number of nitrogens with zero attached hydrogens (tertiary/aromatic N) is 4. The van der Waals surface area contributed by atoms with Gasteiger partial charge in [0.25, 0.3) is 0 Å². The van der Waals surface area contributed by atoms with Gasteiger partial charge in [0.1, 0.15) is 11.5 Å². The summed E-state index contributed by atoms with van der Waals surface area (Å²) in [6, 6.07) is 15.5. The molecule has 0 aliphatic rings. The lowest BCUT2D eigenvalue weighted by atomic mass is 10.1. The highest BCUT2D eigenvalue weighted by Gasteiger charge is 2.21. The number of fused-ring (bicyclic) bond motifs is 1. The first-order valence-electron chi connectivity index (χ1n) is 10.3. The van der Waals surface area contributed by atoms with Gasteiger partial charge in [0.15, 0.2) is 5.65 Å². The van der Waals surface area contributed by atoms with Gasteiger partial charge in [-0.15, -0.1) is 0 Å². The number of alkyl halides is 1. The molecule has 0 unspecified atom stereocenters. The Labute approximate surface area is 191 Å². The van der Waals surface area contributed by atoms with E-state index in [0.717, 1.165) is 34.7 Å². The van der Waals surface area contributed by atoms with Crippen LogP contribution in [-0.2, 0) is 13.0 Å². The van der Waals surface area contributed by atoms with Gasteiger partial charge in [-0.25, -0.2) is 4.98 Å². The fourth-order valence-corrected chi connectivity index (χ4v) is 4.27. The number of aryl methyl sites for hydroxylation is 1. The van der Waals surface area contributed by atoms with Crippen LogP contribution < -0.4 is 4.90 Å². The summed E-state index contributed by atoms with van der Waals surface area (Å²) in [6.45, 7) is 2.96. The first kappa shape index (κ1) is 21.6. The van der Waals surface area contributed by atoms with E-state index in [2.05, 4.69) is 28.9 Å². The molecule has 0 spiro atoms. The molecule has 0 N–H and O–H groups in total. The molecule has 0 atom stereocenters. The lowest BCUT2D eigenvalue weighted by Gasteiger charge is -2.25. The molecule has 0 saturated heterocycles. The zero-order chi connectivity index (χ0) is 21.8. The highest BCUT2D eigenvalue weighted by atomic mass is 35.5. The Hall–Kier alpha value is -2.63. The molecule has 4 rings (SSSR count). The Morgan fingerprint density at radius 1 is 1.10 bits per heavy atom. The summed E-state index contributed by atoms with van der Waals surface area (Å²) >= 11 is 12.5. The van der Waals surface area contributed by atoms with E-state index in [9.17, 15) is 4.39 Å². The maximum Gasteiger partial charge on any atom is 0.165 e. The van der Waals surface area contributed by atoms with Crippen molar-refractivity contribution in [3.63, 3.8) is 0 Å². The number of anilines is 1. The molecule has 0 aliphatic carbocycles. The topological polar surface area (TPSA) is 33.4 Å². The predicted molar refractivity (Wildman–Crippen MR) is 126 cm³/mol. The van der Waals surface area contributed by atoms with E-state index in [4.69, 9.17) is 28.2 Å². The molecule has 0 saturated carbocycles. The van der Waals surface area contributed by atoms with Gasteiger partial charge in [-0.1, -0.05) is 60.5 Å². The highest BCUT2D eigenvalue weighted by Crippen LogP contribution is 2.34. The monoisotopic (exact) mass is 456 g/mol. The third-order valence-corrected chi connectivity index (χ3v) is 5.73. The van der Waals surface area contributed by atoms with Gasteiger partial charge in [-0.2, -0.15) is 0 Å². The Morgan fingerprint density at radius 2 is 1.90 bits per heavy atom. The van der Waals surface area contributed by atoms with Crippen LogP contribution in [-0.4, -0.2) is 27.6 Å². The predicted octanol–water partition coefficient (Wildman–Crippen LogP) is 6.63. The molecular formula is C24H23Cl2FN4. The molecule has 7 heteroatoms. The fraction of sp³-hybridized carbons (Fsp3) is 0.250. The first-order chi connectivity index (χ1) is 15.1. The first-order valence-corrected chi connectivity index (χ1v) is 11.0. The van der Waals surface area contributed by atoms with Crippen LogP contribution in [0.1, 0.15) is 24.6 Å². The maximum atomic E-state index is 13.1. The van der Waals surface area contributed by atoms with Gasteiger partial charge in [0, 0.05) is 36.1 Å². The van der Waals surface area contributed by atoms with Crippen molar-refractivity contribution in [2.24, 2.45) is 0 Å². The van der Waals surface area contributed by atoms with Crippen LogP contribution in [0.4, 0.5) is 10.2 Å². The average Bonchev–Trinajstić information content (AvgIpc) is 3.16. The quantitative estimate of drug-likeness (QED) is 0.298. The van der Waals surface area contributed by atoms with Crippen LogP contribution in [0, 0.1) is 0 Å². The minimum atomic E-state index is -0.364. The Bertz CT molecular complexity index is 1180. The zero-order valence-electron chi connectivity index (χ0n) is 17.2. The number of hydrogen-bond acceptors (Lipinski definition) is 3. The summed E-state index contributed by atoms with van der Waals surface area (Å²) in [6.07, 6.45) is 4.83. The van der Waals surface area contributed by atoms with Crippen molar-refractivity contribution < 1.29 is 4.39 Å². The molecule has 2 aromatic carbocycles. The molecule has 2 aromatic heterocycles. The molecule has 31 heavy (non-hydrogen) atoms. The van der Waals surface area contributed by atoms with E-state index in [0.29, 0.717) is 35.2 Å². The number of hydrogen-bond donors (Lipinski definition) is 0. The SMILES string of the molecule is CCc1nc2c(-c3ccc(Cl)cc3Cl)nccn2c1N(CCCF)Cc1ccccc1.